The van der Waals surface area contributed by atoms with Gasteiger partial charge >= 0.3 is 5.97 Å². The third-order valence-corrected chi connectivity index (χ3v) is 4.47. The van der Waals surface area contributed by atoms with Crippen LogP contribution >= 0.6 is 23.4 Å². The van der Waals surface area contributed by atoms with E-state index in [4.69, 9.17) is 16.3 Å². The predicted molar refractivity (Wildman–Crippen MR) is 96.9 cm³/mol. The molecule has 0 radical (unpaired) electrons. The molecule has 0 heterocycles. The maximum Gasteiger partial charge on any atom is 0.324 e. The van der Waals surface area contributed by atoms with Crippen molar-refractivity contribution in [2.45, 2.75) is 24.0 Å². The molecule has 0 aliphatic rings. The topological polar surface area (TPSA) is 55.4 Å². The third-order valence-electron chi connectivity index (χ3n) is 3.13. The van der Waals surface area contributed by atoms with Crippen molar-refractivity contribution < 1.29 is 14.3 Å². The van der Waals surface area contributed by atoms with E-state index >= 15 is 0 Å². The number of benzene rings is 2. The quantitative estimate of drug-likeness (QED) is 0.475. The van der Waals surface area contributed by atoms with Crippen LogP contribution in [0.5, 0.6) is 5.75 Å². The summed E-state index contributed by atoms with van der Waals surface area (Å²) in [6.07, 6.45) is 0. The Labute approximate surface area is 150 Å². The van der Waals surface area contributed by atoms with Crippen LogP contribution in [0, 0.1) is 0 Å². The Hall–Kier alpha value is -1.98. The fraction of sp³-hybridized carbons (Fsp3) is 0.222. The number of hydrogen-bond donors (Lipinski definition) is 1. The van der Waals surface area contributed by atoms with Crippen LogP contribution in [-0.4, -0.2) is 23.7 Å². The lowest BCUT2D eigenvalue weighted by molar-refractivity contribution is -0.133. The monoisotopic (exact) mass is 363 g/mol. The van der Waals surface area contributed by atoms with Gasteiger partial charge in [0.25, 0.3) is 5.91 Å². The summed E-state index contributed by atoms with van der Waals surface area (Å²) < 4.78 is 5.35. The highest BCUT2D eigenvalue weighted by Gasteiger charge is 2.17. The fourth-order valence-electron chi connectivity index (χ4n) is 1.90. The Balaban J connectivity index is 1.93. The Morgan fingerprint density at radius 3 is 2.33 bits per heavy atom. The molecular weight excluding hydrogens is 346 g/mol. The number of nitrogens with one attached hydrogen (secondary N) is 1. The molecule has 2 aromatic rings. The van der Waals surface area contributed by atoms with Gasteiger partial charge in [-0.2, -0.15) is 0 Å². The van der Waals surface area contributed by atoms with Crippen LogP contribution in [0.3, 0.4) is 0 Å². The van der Waals surface area contributed by atoms with Crippen LogP contribution < -0.4 is 10.1 Å². The summed E-state index contributed by atoms with van der Waals surface area (Å²) in [5.41, 5.74) is 0.528. The number of carbonyl (C=O) groups is 2. The highest BCUT2D eigenvalue weighted by atomic mass is 35.5. The van der Waals surface area contributed by atoms with E-state index in [1.54, 1.807) is 43.3 Å². The highest BCUT2D eigenvalue weighted by molar-refractivity contribution is 8.00. The molecule has 4 nitrogen and oxygen atoms in total. The molecular formula is C18H18ClNO3S. The average Bonchev–Trinajstić information content (AvgIpc) is 2.57. The van der Waals surface area contributed by atoms with Gasteiger partial charge in [-0.05, 0) is 62.4 Å². The first kappa shape index (κ1) is 18.4. The molecule has 0 spiro atoms. The molecule has 2 aromatic carbocycles. The molecule has 0 aliphatic heterocycles. The van der Waals surface area contributed by atoms with Crippen LogP contribution in [-0.2, 0) is 4.79 Å². The molecule has 2 rings (SSSR count). The van der Waals surface area contributed by atoms with E-state index in [-0.39, 0.29) is 17.1 Å². The van der Waals surface area contributed by atoms with Crippen LogP contribution in [0.4, 0.5) is 0 Å². The van der Waals surface area contributed by atoms with Gasteiger partial charge < -0.3 is 10.1 Å². The van der Waals surface area contributed by atoms with E-state index in [0.717, 1.165) is 4.90 Å². The minimum atomic E-state index is -0.366. The zero-order valence-corrected chi connectivity index (χ0v) is 15.0. The van der Waals surface area contributed by atoms with Crippen molar-refractivity contribution in [3.8, 4) is 5.75 Å². The largest absolute Gasteiger partial charge is 0.426 e. The van der Waals surface area contributed by atoms with Gasteiger partial charge in [0.15, 0.2) is 0 Å². The van der Waals surface area contributed by atoms with Gasteiger partial charge in [0, 0.05) is 22.0 Å². The molecule has 0 aromatic heterocycles. The number of rotatable bonds is 6. The minimum Gasteiger partial charge on any atom is -0.426 e. The average molecular weight is 364 g/mol. The summed E-state index contributed by atoms with van der Waals surface area (Å²) in [5, 5.41) is 3.00. The van der Waals surface area contributed by atoms with Gasteiger partial charge in [0.2, 0.25) is 0 Å². The van der Waals surface area contributed by atoms with E-state index in [1.807, 2.05) is 19.1 Å². The van der Waals surface area contributed by atoms with Crippen molar-refractivity contribution >= 4 is 35.2 Å². The van der Waals surface area contributed by atoms with Gasteiger partial charge in [0.05, 0.1) is 0 Å². The summed E-state index contributed by atoms with van der Waals surface area (Å²) in [7, 11) is 0. The number of amides is 1. The van der Waals surface area contributed by atoms with Crippen LogP contribution in [0.1, 0.15) is 24.2 Å². The molecule has 1 unspecified atom stereocenters. The number of esters is 1. The molecule has 1 atom stereocenters. The van der Waals surface area contributed by atoms with Crippen LogP contribution in [0.15, 0.2) is 53.4 Å². The maximum absolute atomic E-state index is 12.2. The number of thioether (sulfide) groups is 1. The van der Waals surface area contributed by atoms with E-state index < -0.39 is 0 Å². The Morgan fingerprint density at radius 2 is 1.75 bits per heavy atom. The maximum atomic E-state index is 12.2. The Bertz CT molecular complexity index is 701. The SMILES string of the molecule is CCNC(=O)c1ccc(OC(=O)C(C)Sc2ccc(Cl)cc2)cc1. The normalized spacial score (nSPS) is 11.6. The lowest BCUT2D eigenvalue weighted by atomic mass is 10.2. The molecule has 0 aliphatic carbocycles. The van der Waals surface area contributed by atoms with Crippen molar-refractivity contribution in [1.82, 2.24) is 5.32 Å². The Kier molecular flexibility index (Phi) is 6.70. The lowest BCUT2D eigenvalue weighted by Gasteiger charge is -2.11. The fourth-order valence-corrected chi connectivity index (χ4v) is 2.87. The molecule has 1 N–H and O–H groups in total. The molecule has 126 valence electrons. The number of ether oxygens (including phenoxy) is 1. The van der Waals surface area contributed by atoms with Crippen LogP contribution in [0.2, 0.25) is 5.02 Å². The zero-order valence-electron chi connectivity index (χ0n) is 13.4. The van der Waals surface area contributed by atoms with Gasteiger partial charge in [-0.3, -0.25) is 9.59 Å². The van der Waals surface area contributed by atoms with E-state index in [9.17, 15) is 9.59 Å². The predicted octanol–water partition coefficient (Wildman–Crippen LogP) is 4.18. The summed E-state index contributed by atoms with van der Waals surface area (Å²) in [4.78, 5) is 24.8. The zero-order chi connectivity index (χ0) is 17.5. The highest BCUT2D eigenvalue weighted by Crippen LogP contribution is 2.26. The molecule has 1 amide bonds. The molecule has 24 heavy (non-hydrogen) atoms. The second-order valence-electron chi connectivity index (χ2n) is 5.02. The van der Waals surface area contributed by atoms with Crippen molar-refractivity contribution in [2.75, 3.05) is 6.54 Å². The van der Waals surface area contributed by atoms with Crippen molar-refractivity contribution in [2.24, 2.45) is 0 Å². The molecule has 0 saturated carbocycles. The number of hydrogen-bond acceptors (Lipinski definition) is 4. The smallest absolute Gasteiger partial charge is 0.324 e. The number of carbonyl (C=O) groups excluding carboxylic acids is 2. The molecule has 0 saturated heterocycles. The van der Waals surface area contributed by atoms with Gasteiger partial charge in [-0.25, -0.2) is 0 Å². The summed E-state index contributed by atoms with van der Waals surface area (Å²) >= 11 is 7.24. The first-order valence-electron chi connectivity index (χ1n) is 7.51. The van der Waals surface area contributed by atoms with Crippen molar-refractivity contribution in [1.29, 1.82) is 0 Å². The van der Waals surface area contributed by atoms with E-state index in [0.29, 0.717) is 22.9 Å². The van der Waals surface area contributed by atoms with Crippen LogP contribution in [0.25, 0.3) is 0 Å². The second kappa shape index (κ2) is 8.76. The van der Waals surface area contributed by atoms with Crippen molar-refractivity contribution in [3.05, 3.63) is 59.1 Å². The van der Waals surface area contributed by atoms with Gasteiger partial charge in [-0.1, -0.05) is 11.6 Å². The Morgan fingerprint density at radius 1 is 1.12 bits per heavy atom. The first-order valence-corrected chi connectivity index (χ1v) is 8.77. The van der Waals surface area contributed by atoms with E-state index in [2.05, 4.69) is 5.32 Å². The lowest BCUT2D eigenvalue weighted by Crippen LogP contribution is -2.22. The molecule has 0 fully saturated rings. The van der Waals surface area contributed by atoms with Gasteiger partial charge in [0.1, 0.15) is 11.0 Å². The summed E-state index contributed by atoms with van der Waals surface area (Å²) in [5.74, 6) is -0.0839. The standard InChI is InChI=1S/C18H18ClNO3S/c1-3-20-17(21)13-4-8-15(9-5-13)23-18(22)12(2)24-16-10-6-14(19)7-11-16/h4-12H,3H2,1-2H3,(H,20,21). The second-order valence-corrected chi connectivity index (χ2v) is 6.87. The summed E-state index contributed by atoms with van der Waals surface area (Å²) in [6.45, 7) is 4.20. The molecule has 0 bridgehead atoms. The number of halogens is 1. The van der Waals surface area contributed by atoms with Crippen molar-refractivity contribution in [3.63, 3.8) is 0 Å². The van der Waals surface area contributed by atoms with Gasteiger partial charge in [-0.15, -0.1) is 11.8 Å². The third kappa shape index (κ3) is 5.28. The minimum absolute atomic E-state index is 0.151. The van der Waals surface area contributed by atoms with E-state index in [1.165, 1.54) is 11.8 Å². The summed E-state index contributed by atoms with van der Waals surface area (Å²) in [6, 6.07) is 13.8. The molecule has 6 heteroatoms. The first-order chi connectivity index (χ1) is 11.5.